The van der Waals surface area contributed by atoms with Crippen LogP contribution in [-0.2, 0) is 0 Å². The Labute approximate surface area is 173 Å². The van der Waals surface area contributed by atoms with Crippen LogP contribution in [0.15, 0.2) is 6.07 Å². The summed E-state index contributed by atoms with van der Waals surface area (Å²) in [6, 6.07) is 0.508. The van der Waals surface area contributed by atoms with Crippen molar-refractivity contribution < 1.29 is 23.1 Å². The molecule has 3 nitrogen and oxygen atoms in total. The van der Waals surface area contributed by atoms with E-state index < -0.39 is 34.7 Å². The average molecular weight is 416 g/mol. The highest BCUT2D eigenvalue weighted by Crippen LogP contribution is 2.25. The maximum absolute atomic E-state index is 13.8. The van der Waals surface area contributed by atoms with E-state index in [2.05, 4.69) is 12.2 Å². The molecular formula is C23H36F3NO2. The van der Waals surface area contributed by atoms with E-state index in [1.54, 1.807) is 0 Å². The highest BCUT2D eigenvalue weighted by molar-refractivity contribution is 5.88. The lowest BCUT2D eigenvalue weighted by molar-refractivity contribution is 0.0690. The first kappa shape index (κ1) is 25.3. The number of unbranched alkanes of at least 4 members (excludes halogenated alkanes) is 13. The Morgan fingerprint density at radius 2 is 1.24 bits per heavy atom. The molecule has 0 atom stereocenters. The molecule has 0 bridgehead atoms. The molecule has 1 aromatic carbocycles. The molecule has 29 heavy (non-hydrogen) atoms. The molecular weight excluding hydrogens is 379 g/mol. The number of rotatable bonds is 17. The van der Waals surface area contributed by atoms with Crippen LogP contribution in [0.2, 0.25) is 0 Å². The normalized spacial score (nSPS) is 11.0. The van der Waals surface area contributed by atoms with Gasteiger partial charge in [0.25, 0.3) is 0 Å². The number of hydrogen-bond acceptors (Lipinski definition) is 2. The van der Waals surface area contributed by atoms with Gasteiger partial charge >= 0.3 is 5.97 Å². The van der Waals surface area contributed by atoms with Gasteiger partial charge in [-0.15, -0.1) is 0 Å². The van der Waals surface area contributed by atoms with Gasteiger partial charge in [0.2, 0.25) is 0 Å². The number of benzene rings is 1. The first-order valence-corrected chi connectivity index (χ1v) is 11.1. The fourth-order valence-corrected chi connectivity index (χ4v) is 3.45. The van der Waals surface area contributed by atoms with Crippen molar-refractivity contribution >= 4 is 11.7 Å². The Balaban J connectivity index is 2.05. The molecule has 0 heterocycles. The van der Waals surface area contributed by atoms with Crippen molar-refractivity contribution in [2.45, 2.75) is 96.8 Å². The van der Waals surface area contributed by atoms with Crippen molar-refractivity contribution in [3.8, 4) is 0 Å². The van der Waals surface area contributed by atoms with Crippen molar-refractivity contribution in [1.82, 2.24) is 0 Å². The number of anilines is 1. The number of carboxylic acid groups (broad SMARTS) is 1. The van der Waals surface area contributed by atoms with Crippen LogP contribution in [0.3, 0.4) is 0 Å². The summed E-state index contributed by atoms with van der Waals surface area (Å²) in [6.45, 7) is 2.55. The van der Waals surface area contributed by atoms with E-state index in [1.165, 1.54) is 64.2 Å². The molecule has 0 spiro atoms. The van der Waals surface area contributed by atoms with Crippen LogP contribution < -0.4 is 5.32 Å². The minimum Gasteiger partial charge on any atom is -0.478 e. The molecule has 0 saturated carbocycles. The molecule has 0 aromatic heterocycles. The topological polar surface area (TPSA) is 49.3 Å². The first-order valence-electron chi connectivity index (χ1n) is 11.1. The lowest BCUT2D eigenvalue weighted by atomic mass is 10.0. The smallest absolute Gasteiger partial charge is 0.338 e. The number of hydrogen-bond donors (Lipinski definition) is 2. The van der Waals surface area contributed by atoms with Crippen molar-refractivity contribution in [2.24, 2.45) is 0 Å². The summed E-state index contributed by atoms with van der Waals surface area (Å²) < 4.78 is 41.2. The summed E-state index contributed by atoms with van der Waals surface area (Å²) in [5, 5.41) is 11.3. The van der Waals surface area contributed by atoms with E-state index in [4.69, 9.17) is 5.11 Å². The zero-order valence-electron chi connectivity index (χ0n) is 17.7. The maximum Gasteiger partial charge on any atom is 0.338 e. The molecule has 0 radical (unpaired) electrons. The summed E-state index contributed by atoms with van der Waals surface area (Å²) in [5.74, 6) is -5.80. The molecule has 1 rings (SSSR count). The Bertz CT molecular complexity index is 608. The fraction of sp³-hybridized carbons (Fsp3) is 0.696. The highest BCUT2D eigenvalue weighted by Gasteiger charge is 2.22. The zero-order valence-corrected chi connectivity index (χ0v) is 17.7. The van der Waals surface area contributed by atoms with E-state index in [0.717, 1.165) is 25.7 Å². The molecule has 0 aliphatic rings. The standard InChI is InChI=1S/C23H36F3NO2/c1-2-3-4-5-6-7-8-9-10-11-12-13-14-15-16-27-22-19(24)17-18(23(28)29)20(25)21(22)26/h17,27H,2-16H2,1H3,(H,28,29). The third-order valence-electron chi connectivity index (χ3n) is 5.22. The van der Waals surface area contributed by atoms with Crippen LogP contribution >= 0.6 is 0 Å². The number of nitrogens with one attached hydrogen (secondary N) is 1. The lowest BCUT2D eigenvalue weighted by Crippen LogP contribution is -2.11. The second-order valence-corrected chi connectivity index (χ2v) is 7.74. The van der Waals surface area contributed by atoms with E-state index in [9.17, 15) is 18.0 Å². The van der Waals surface area contributed by atoms with Crippen LogP contribution in [0.1, 0.15) is 107 Å². The summed E-state index contributed by atoms with van der Waals surface area (Å²) >= 11 is 0. The predicted molar refractivity (Wildman–Crippen MR) is 112 cm³/mol. The van der Waals surface area contributed by atoms with Gasteiger partial charge in [0.1, 0.15) is 17.1 Å². The van der Waals surface area contributed by atoms with Gasteiger partial charge in [0.05, 0.1) is 0 Å². The number of carboxylic acids is 1. The van der Waals surface area contributed by atoms with Crippen LogP contribution in [0.25, 0.3) is 0 Å². The number of carbonyl (C=O) groups is 1. The second kappa shape index (κ2) is 15.2. The van der Waals surface area contributed by atoms with E-state index in [1.807, 2.05) is 0 Å². The van der Waals surface area contributed by atoms with Gasteiger partial charge in [-0.25, -0.2) is 18.0 Å². The molecule has 0 unspecified atom stereocenters. The van der Waals surface area contributed by atoms with Crippen molar-refractivity contribution in [3.63, 3.8) is 0 Å². The Morgan fingerprint density at radius 3 is 1.69 bits per heavy atom. The van der Waals surface area contributed by atoms with E-state index >= 15 is 0 Å². The molecule has 0 aliphatic heterocycles. The Morgan fingerprint density at radius 1 is 0.793 bits per heavy atom. The predicted octanol–water partition coefficient (Wildman–Crippen LogP) is 7.70. The third kappa shape index (κ3) is 10.0. The zero-order chi connectivity index (χ0) is 21.5. The molecule has 166 valence electrons. The summed E-state index contributed by atoms with van der Waals surface area (Å²) in [4.78, 5) is 10.8. The SMILES string of the molecule is CCCCCCCCCCCCCCCCNc1c(F)cc(C(=O)O)c(F)c1F. The van der Waals surface area contributed by atoms with Crippen LogP contribution in [0.4, 0.5) is 18.9 Å². The lowest BCUT2D eigenvalue weighted by Gasteiger charge is -2.10. The molecule has 2 N–H and O–H groups in total. The quantitative estimate of drug-likeness (QED) is 0.202. The van der Waals surface area contributed by atoms with E-state index in [0.29, 0.717) is 12.6 Å². The summed E-state index contributed by atoms with van der Waals surface area (Å²) in [7, 11) is 0. The van der Waals surface area contributed by atoms with Gasteiger partial charge in [-0.3, -0.25) is 0 Å². The highest BCUT2D eigenvalue weighted by atomic mass is 19.2. The monoisotopic (exact) mass is 415 g/mol. The van der Waals surface area contributed by atoms with Gasteiger partial charge in [-0.2, -0.15) is 0 Å². The van der Waals surface area contributed by atoms with Crippen molar-refractivity contribution in [1.29, 1.82) is 0 Å². The van der Waals surface area contributed by atoms with E-state index in [-0.39, 0.29) is 0 Å². The number of aromatic carboxylic acids is 1. The number of halogens is 3. The summed E-state index contributed by atoms with van der Waals surface area (Å²) in [5.41, 5.74) is -1.59. The fourth-order valence-electron chi connectivity index (χ4n) is 3.45. The largest absolute Gasteiger partial charge is 0.478 e. The van der Waals surface area contributed by atoms with Gasteiger partial charge in [0, 0.05) is 6.54 Å². The van der Waals surface area contributed by atoms with Crippen molar-refractivity contribution in [2.75, 3.05) is 11.9 Å². The first-order chi connectivity index (χ1) is 14.0. The second-order valence-electron chi connectivity index (χ2n) is 7.74. The average Bonchev–Trinajstić information content (AvgIpc) is 2.69. The third-order valence-corrected chi connectivity index (χ3v) is 5.22. The molecule has 0 aliphatic carbocycles. The maximum atomic E-state index is 13.8. The van der Waals surface area contributed by atoms with Crippen LogP contribution in [0.5, 0.6) is 0 Å². The molecule has 0 saturated heterocycles. The molecule has 0 fully saturated rings. The molecule has 1 aromatic rings. The van der Waals surface area contributed by atoms with Crippen LogP contribution in [0, 0.1) is 17.5 Å². The molecule has 0 amide bonds. The Hall–Kier alpha value is -1.72. The van der Waals surface area contributed by atoms with Crippen molar-refractivity contribution in [3.05, 3.63) is 29.1 Å². The van der Waals surface area contributed by atoms with Crippen LogP contribution in [-0.4, -0.2) is 17.6 Å². The van der Waals surface area contributed by atoms with Gasteiger partial charge in [0.15, 0.2) is 11.6 Å². The van der Waals surface area contributed by atoms with Gasteiger partial charge in [-0.05, 0) is 12.5 Å². The minimum atomic E-state index is -1.70. The van der Waals surface area contributed by atoms with Gasteiger partial charge in [-0.1, -0.05) is 90.4 Å². The summed E-state index contributed by atoms with van der Waals surface area (Å²) in [6.07, 6.45) is 17.1. The van der Waals surface area contributed by atoms with Gasteiger partial charge < -0.3 is 10.4 Å². The Kier molecular flexibility index (Phi) is 13.2. The minimum absolute atomic E-state index is 0.317. The molecule has 6 heteroatoms.